The third kappa shape index (κ3) is 3.27. The van der Waals surface area contributed by atoms with E-state index in [9.17, 15) is 14.0 Å². The minimum Gasteiger partial charge on any atom is -0.481 e. The average molecular weight is 306 g/mol. The largest absolute Gasteiger partial charge is 0.481 e. The summed E-state index contributed by atoms with van der Waals surface area (Å²) in [5.74, 6) is -1.82. The summed E-state index contributed by atoms with van der Waals surface area (Å²) in [4.78, 5) is 26.3. The summed E-state index contributed by atoms with van der Waals surface area (Å²) in [6.45, 7) is 5.40. The lowest BCUT2D eigenvalue weighted by atomic mass is 9.85. The van der Waals surface area contributed by atoms with Crippen molar-refractivity contribution in [2.45, 2.75) is 32.7 Å². The number of carbonyl (C=O) groups is 2. The van der Waals surface area contributed by atoms with Gasteiger partial charge in [0.2, 0.25) is 0 Å². The van der Waals surface area contributed by atoms with E-state index in [2.05, 4.69) is 10.3 Å². The molecule has 0 aliphatic carbocycles. The van der Waals surface area contributed by atoms with Gasteiger partial charge in [-0.1, -0.05) is 13.8 Å². The van der Waals surface area contributed by atoms with Gasteiger partial charge in [0.05, 0.1) is 12.0 Å². The van der Waals surface area contributed by atoms with Gasteiger partial charge in [-0.3, -0.25) is 9.59 Å². The van der Waals surface area contributed by atoms with Crippen molar-refractivity contribution in [3.63, 3.8) is 0 Å². The average Bonchev–Trinajstić information content (AvgIpc) is 2.80. The van der Waals surface area contributed by atoms with E-state index < -0.39 is 17.4 Å². The Morgan fingerprint density at radius 2 is 2.05 bits per heavy atom. The van der Waals surface area contributed by atoms with Crippen LogP contribution in [-0.2, 0) is 4.79 Å². The Balaban J connectivity index is 2.27. The van der Waals surface area contributed by atoms with Crippen LogP contribution in [0.5, 0.6) is 0 Å². The highest BCUT2D eigenvalue weighted by atomic mass is 19.1. The zero-order valence-corrected chi connectivity index (χ0v) is 12.7. The first-order valence-corrected chi connectivity index (χ1v) is 7.04. The molecule has 1 amide bonds. The molecule has 0 fully saturated rings. The maximum absolute atomic E-state index is 13.2. The third-order valence-electron chi connectivity index (χ3n) is 4.02. The van der Waals surface area contributed by atoms with Crippen molar-refractivity contribution >= 4 is 22.8 Å². The number of fused-ring (bicyclic) bond motifs is 1. The van der Waals surface area contributed by atoms with E-state index in [4.69, 9.17) is 5.11 Å². The van der Waals surface area contributed by atoms with Gasteiger partial charge in [-0.05, 0) is 37.1 Å². The van der Waals surface area contributed by atoms with Crippen molar-refractivity contribution in [2.75, 3.05) is 0 Å². The molecule has 1 aromatic carbocycles. The maximum atomic E-state index is 13.2. The zero-order chi connectivity index (χ0) is 16.5. The fourth-order valence-electron chi connectivity index (χ4n) is 2.26. The molecule has 2 rings (SSSR count). The normalized spacial score (nSPS) is 14.0. The number of hydrogen-bond acceptors (Lipinski definition) is 2. The number of halogens is 1. The Kier molecular flexibility index (Phi) is 4.21. The summed E-state index contributed by atoms with van der Waals surface area (Å²) >= 11 is 0. The van der Waals surface area contributed by atoms with Crippen molar-refractivity contribution in [1.29, 1.82) is 0 Å². The number of benzene rings is 1. The number of H-pyrrole nitrogens is 1. The molecule has 1 atom stereocenters. The fourth-order valence-corrected chi connectivity index (χ4v) is 2.26. The SMILES string of the molecule is CC(C)C(C)(CC(=O)O)NC(=O)c1cc2cc(F)ccc2[nH]1. The molecule has 1 heterocycles. The van der Waals surface area contributed by atoms with Crippen LogP contribution in [0.1, 0.15) is 37.7 Å². The Morgan fingerprint density at radius 3 is 2.64 bits per heavy atom. The van der Waals surface area contributed by atoms with Crippen molar-refractivity contribution in [3.05, 3.63) is 35.8 Å². The molecule has 0 radical (unpaired) electrons. The van der Waals surface area contributed by atoms with E-state index in [1.807, 2.05) is 13.8 Å². The number of carboxylic acids is 1. The van der Waals surface area contributed by atoms with Crippen molar-refractivity contribution < 1.29 is 19.1 Å². The molecule has 22 heavy (non-hydrogen) atoms. The highest BCUT2D eigenvalue weighted by Gasteiger charge is 2.33. The summed E-state index contributed by atoms with van der Waals surface area (Å²) in [6.07, 6.45) is -0.175. The predicted octanol–water partition coefficient (Wildman–Crippen LogP) is 2.93. The molecule has 0 aliphatic heterocycles. The monoisotopic (exact) mass is 306 g/mol. The molecule has 0 saturated heterocycles. The molecule has 6 heteroatoms. The van der Waals surface area contributed by atoms with Gasteiger partial charge >= 0.3 is 5.97 Å². The maximum Gasteiger partial charge on any atom is 0.305 e. The highest BCUT2D eigenvalue weighted by Crippen LogP contribution is 2.22. The molecular formula is C16H19FN2O3. The van der Waals surface area contributed by atoms with Gasteiger partial charge < -0.3 is 15.4 Å². The molecule has 0 bridgehead atoms. The molecule has 0 spiro atoms. The molecule has 0 saturated carbocycles. The van der Waals surface area contributed by atoms with Crippen LogP contribution < -0.4 is 5.32 Å². The van der Waals surface area contributed by atoms with Gasteiger partial charge in [0.1, 0.15) is 11.5 Å². The Labute approximate surface area is 127 Å². The summed E-state index contributed by atoms with van der Waals surface area (Å²) in [5, 5.41) is 12.4. The minimum absolute atomic E-state index is 0.0608. The first-order chi connectivity index (χ1) is 10.2. The van der Waals surface area contributed by atoms with Crippen LogP contribution >= 0.6 is 0 Å². The van der Waals surface area contributed by atoms with Crippen LogP contribution in [0.25, 0.3) is 10.9 Å². The summed E-state index contributed by atoms with van der Waals surface area (Å²) in [6, 6.07) is 5.75. The van der Waals surface area contributed by atoms with Gasteiger partial charge in [-0.25, -0.2) is 4.39 Å². The van der Waals surface area contributed by atoms with Crippen LogP contribution in [0, 0.1) is 11.7 Å². The van der Waals surface area contributed by atoms with Crippen molar-refractivity contribution in [1.82, 2.24) is 10.3 Å². The Bertz CT molecular complexity index is 723. The lowest BCUT2D eigenvalue weighted by Gasteiger charge is -2.33. The molecular weight excluding hydrogens is 287 g/mol. The summed E-state index contributed by atoms with van der Waals surface area (Å²) < 4.78 is 13.2. The number of hydrogen-bond donors (Lipinski definition) is 3. The van der Waals surface area contributed by atoms with Gasteiger partial charge in [0.15, 0.2) is 0 Å². The molecule has 1 unspecified atom stereocenters. The van der Waals surface area contributed by atoms with Crippen LogP contribution in [0.2, 0.25) is 0 Å². The Morgan fingerprint density at radius 1 is 1.36 bits per heavy atom. The van der Waals surface area contributed by atoms with E-state index in [-0.39, 0.29) is 23.8 Å². The number of aromatic amines is 1. The first kappa shape index (κ1) is 16.0. The van der Waals surface area contributed by atoms with Crippen LogP contribution in [0.15, 0.2) is 24.3 Å². The van der Waals surface area contributed by atoms with Gasteiger partial charge in [0.25, 0.3) is 5.91 Å². The number of aromatic nitrogens is 1. The smallest absolute Gasteiger partial charge is 0.305 e. The zero-order valence-electron chi connectivity index (χ0n) is 12.7. The molecule has 118 valence electrons. The second-order valence-corrected chi connectivity index (χ2v) is 6.01. The molecule has 5 nitrogen and oxygen atoms in total. The summed E-state index contributed by atoms with van der Waals surface area (Å²) in [7, 11) is 0. The highest BCUT2D eigenvalue weighted by molar-refractivity contribution is 5.98. The second kappa shape index (κ2) is 5.79. The second-order valence-electron chi connectivity index (χ2n) is 6.01. The van der Waals surface area contributed by atoms with E-state index >= 15 is 0 Å². The lowest BCUT2D eigenvalue weighted by Crippen LogP contribution is -2.51. The molecule has 3 N–H and O–H groups in total. The molecule has 1 aromatic heterocycles. The van der Waals surface area contributed by atoms with E-state index in [1.165, 1.54) is 12.1 Å². The van der Waals surface area contributed by atoms with Crippen LogP contribution in [0.3, 0.4) is 0 Å². The van der Waals surface area contributed by atoms with E-state index in [0.717, 1.165) is 0 Å². The number of carboxylic acid groups (broad SMARTS) is 1. The van der Waals surface area contributed by atoms with Gasteiger partial charge in [-0.2, -0.15) is 0 Å². The quantitative estimate of drug-likeness (QED) is 0.794. The number of rotatable bonds is 5. The topological polar surface area (TPSA) is 82.2 Å². The van der Waals surface area contributed by atoms with E-state index in [0.29, 0.717) is 10.9 Å². The molecule has 0 aliphatic rings. The third-order valence-corrected chi connectivity index (χ3v) is 4.02. The number of nitrogens with one attached hydrogen (secondary N) is 2. The van der Waals surface area contributed by atoms with E-state index in [1.54, 1.807) is 19.1 Å². The number of amides is 1. The van der Waals surface area contributed by atoms with Crippen molar-refractivity contribution in [3.8, 4) is 0 Å². The van der Waals surface area contributed by atoms with Crippen molar-refractivity contribution in [2.24, 2.45) is 5.92 Å². The first-order valence-electron chi connectivity index (χ1n) is 7.04. The summed E-state index contributed by atoms with van der Waals surface area (Å²) in [5.41, 5.74) is 0.0553. The molecule has 2 aromatic rings. The fraction of sp³-hybridized carbons (Fsp3) is 0.375. The Hall–Kier alpha value is -2.37. The standard InChI is InChI=1S/C16H19FN2O3/c1-9(2)16(3,8-14(20)21)19-15(22)13-7-10-6-11(17)4-5-12(10)18-13/h4-7,9,18H,8H2,1-3H3,(H,19,22)(H,20,21). The lowest BCUT2D eigenvalue weighted by molar-refractivity contribution is -0.138. The van der Waals surface area contributed by atoms with Crippen LogP contribution in [0.4, 0.5) is 4.39 Å². The predicted molar refractivity (Wildman–Crippen MR) is 81.2 cm³/mol. The van der Waals surface area contributed by atoms with Crippen LogP contribution in [-0.4, -0.2) is 27.5 Å². The number of carbonyl (C=O) groups excluding carboxylic acids is 1. The minimum atomic E-state index is -0.977. The number of aliphatic carboxylic acids is 1. The van der Waals surface area contributed by atoms with Gasteiger partial charge in [0, 0.05) is 10.9 Å². The van der Waals surface area contributed by atoms with Gasteiger partial charge in [-0.15, -0.1) is 0 Å².